The average molecular weight is 402 g/mol. The topological polar surface area (TPSA) is 59.0 Å². The van der Waals surface area contributed by atoms with E-state index in [2.05, 4.69) is 15.7 Å². The fraction of sp³-hybridized carbons (Fsp3) is 0.238. The summed E-state index contributed by atoms with van der Waals surface area (Å²) < 4.78 is 40.7. The third-order valence-electron chi connectivity index (χ3n) is 4.41. The number of rotatable bonds is 6. The normalized spacial score (nSPS) is 11.3. The number of carbonyl (C=O) groups excluding carboxylic acids is 1. The summed E-state index contributed by atoms with van der Waals surface area (Å²) in [5, 5.41) is 9.35. The number of hydrogen-bond acceptors (Lipinski definition) is 2. The molecule has 2 aromatic carbocycles. The molecule has 0 aliphatic carbocycles. The van der Waals surface area contributed by atoms with Crippen LogP contribution in [0.1, 0.15) is 23.2 Å². The van der Waals surface area contributed by atoms with Gasteiger partial charge in [-0.3, -0.25) is 0 Å². The van der Waals surface area contributed by atoms with Crippen molar-refractivity contribution in [2.45, 2.75) is 25.9 Å². The molecule has 2 N–H and O–H groups in total. The van der Waals surface area contributed by atoms with Crippen LogP contribution in [0.5, 0.6) is 0 Å². The fourth-order valence-corrected chi connectivity index (χ4v) is 2.94. The van der Waals surface area contributed by atoms with Gasteiger partial charge in [-0.15, -0.1) is 0 Å². The van der Waals surface area contributed by atoms with Gasteiger partial charge in [0.1, 0.15) is 0 Å². The van der Waals surface area contributed by atoms with Crippen LogP contribution in [0.3, 0.4) is 0 Å². The Balaban J connectivity index is 1.50. The molecule has 8 heteroatoms. The van der Waals surface area contributed by atoms with Gasteiger partial charge in [-0.25, -0.2) is 9.48 Å². The van der Waals surface area contributed by atoms with Gasteiger partial charge < -0.3 is 10.6 Å². The number of carbonyl (C=O) groups is 1. The number of hydrogen-bond donors (Lipinski definition) is 2. The number of aryl methyl sites for hydroxylation is 2. The van der Waals surface area contributed by atoms with Crippen LogP contribution in [0.2, 0.25) is 0 Å². The zero-order valence-corrected chi connectivity index (χ0v) is 15.8. The molecule has 0 saturated carbocycles. The molecule has 1 heterocycles. The Labute approximate surface area is 166 Å². The van der Waals surface area contributed by atoms with E-state index in [0.717, 1.165) is 23.0 Å². The van der Waals surface area contributed by atoms with Gasteiger partial charge in [-0.1, -0.05) is 30.3 Å². The summed E-state index contributed by atoms with van der Waals surface area (Å²) in [6.45, 7) is 2.25. The summed E-state index contributed by atoms with van der Waals surface area (Å²) in [6.07, 6.45) is -1.25. The van der Waals surface area contributed by atoms with Crippen molar-refractivity contribution in [3.05, 3.63) is 77.6 Å². The SMILES string of the molecule is Cc1nn(-c2ccccc2)cc1CCCNC(=O)Nc1ccccc1C(F)(F)F. The van der Waals surface area contributed by atoms with Crippen molar-refractivity contribution >= 4 is 11.7 Å². The van der Waals surface area contributed by atoms with Gasteiger partial charge in [-0.05, 0) is 49.6 Å². The number of nitrogens with one attached hydrogen (secondary N) is 2. The van der Waals surface area contributed by atoms with Gasteiger partial charge in [0.25, 0.3) is 0 Å². The van der Waals surface area contributed by atoms with Crippen molar-refractivity contribution in [1.29, 1.82) is 0 Å². The zero-order valence-electron chi connectivity index (χ0n) is 15.8. The second kappa shape index (κ2) is 8.81. The number of benzene rings is 2. The van der Waals surface area contributed by atoms with Crippen LogP contribution in [0.25, 0.3) is 5.69 Å². The Morgan fingerprint density at radius 3 is 2.48 bits per heavy atom. The maximum absolute atomic E-state index is 13.0. The number of aromatic nitrogens is 2. The summed E-state index contributed by atoms with van der Waals surface area (Å²) in [7, 11) is 0. The third-order valence-corrected chi connectivity index (χ3v) is 4.41. The van der Waals surface area contributed by atoms with E-state index in [-0.39, 0.29) is 5.69 Å². The minimum atomic E-state index is -4.53. The summed E-state index contributed by atoms with van der Waals surface area (Å²) in [5.41, 5.74) is 1.77. The van der Waals surface area contributed by atoms with Gasteiger partial charge in [0.05, 0.1) is 22.6 Å². The standard InChI is InChI=1S/C21H21F3N4O/c1-15-16(14-28(27-15)17-9-3-2-4-10-17)8-7-13-25-20(29)26-19-12-6-5-11-18(19)21(22,23)24/h2-6,9-12,14H,7-8,13H2,1H3,(H2,25,26,29). The molecule has 2 amide bonds. The Morgan fingerprint density at radius 1 is 1.07 bits per heavy atom. The van der Waals surface area contributed by atoms with E-state index in [1.54, 1.807) is 4.68 Å². The number of alkyl halides is 3. The lowest BCUT2D eigenvalue weighted by atomic mass is 10.1. The lowest BCUT2D eigenvalue weighted by Crippen LogP contribution is -2.30. The Morgan fingerprint density at radius 2 is 1.76 bits per heavy atom. The molecule has 0 radical (unpaired) electrons. The molecule has 0 aliphatic rings. The molecule has 1 aromatic heterocycles. The summed E-state index contributed by atoms with van der Waals surface area (Å²) in [6, 6.07) is 13.9. The first-order valence-electron chi connectivity index (χ1n) is 9.16. The highest BCUT2D eigenvalue weighted by Gasteiger charge is 2.33. The highest BCUT2D eigenvalue weighted by Crippen LogP contribution is 2.34. The van der Waals surface area contributed by atoms with E-state index in [0.29, 0.717) is 19.4 Å². The molecule has 0 fully saturated rings. The molecule has 0 aliphatic heterocycles. The number of halogens is 3. The van der Waals surface area contributed by atoms with Gasteiger partial charge in [-0.2, -0.15) is 18.3 Å². The zero-order chi connectivity index (χ0) is 20.9. The van der Waals surface area contributed by atoms with E-state index in [4.69, 9.17) is 0 Å². The van der Waals surface area contributed by atoms with Crippen molar-refractivity contribution in [3.63, 3.8) is 0 Å². The highest BCUT2D eigenvalue weighted by atomic mass is 19.4. The number of para-hydroxylation sites is 2. The fourth-order valence-electron chi connectivity index (χ4n) is 2.94. The second-order valence-corrected chi connectivity index (χ2v) is 6.55. The van der Waals surface area contributed by atoms with Gasteiger partial charge in [0.2, 0.25) is 0 Å². The van der Waals surface area contributed by atoms with Gasteiger partial charge >= 0.3 is 12.2 Å². The number of amides is 2. The van der Waals surface area contributed by atoms with Crippen molar-refractivity contribution < 1.29 is 18.0 Å². The van der Waals surface area contributed by atoms with E-state index in [1.807, 2.05) is 43.5 Å². The summed E-state index contributed by atoms with van der Waals surface area (Å²) in [4.78, 5) is 12.0. The Bertz CT molecular complexity index is 968. The molecule has 0 saturated heterocycles. The smallest absolute Gasteiger partial charge is 0.338 e. The molecule has 5 nitrogen and oxygen atoms in total. The molecule has 152 valence electrons. The average Bonchev–Trinajstić information content (AvgIpc) is 3.06. The van der Waals surface area contributed by atoms with Crippen LogP contribution in [-0.2, 0) is 12.6 Å². The molecule has 0 unspecified atom stereocenters. The quantitative estimate of drug-likeness (QED) is 0.573. The van der Waals surface area contributed by atoms with Crippen LogP contribution < -0.4 is 10.6 Å². The molecule has 0 atom stereocenters. The predicted octanol–water partition coefficient (Wildman–Crippen LogP) is 4.95. The lowest BCUT2D eigenvalue weighted by molar-refractivity contribution is -0.136. The Kier molecular flexibility index (Phi) is 6.21. The van der Waals surface area contributed by atoms with Gasteiger partial charge in [0, 0.05) is 12.7 Å². The minimum Gasteiger partial charge on any atom is -0.338 e. The van der Waals surface area contributed by atoms with Crippen LogP contribution in [0.15, 0.2) is 60.8 Å². The monoisotopic (exact) mass is 402 g/mol. The molecule has 29 heavy (non-hydrogen) atoms. The number of urea groups is 1. The van der Waals surface area contributed by atoms with E-state index in [9.17, 15) is 18.0 Å². The van der Waals surface area contributed by atoms with Crippen LogP contribution in [-0.4, -0.2) is 22.4 Å². The van der Waals surface area contributed by atoms with Crippen molar-refractivity contribution in [2.75, 3.05) is 11.9 Å². The summed E-state index contributed by atoms with van der Waals surface area (Å²) in [5.74, 6) is 0. The lowest BCUT2D eigenvalue weighted by Gasteiger charge is -2.14. The molecular formula is C21H21F3N4O. The predicted molar refractivity (Wildman–Crippen MR) is 105 cm³/mol. The first-order chi connectivity index (χ1) is 13.8. The van der Waals surface area contributed by atoms with Crippen molar-refractivity contribution in [2.24, 2.45) is 0 Å². The van der Waals surface area contributed by atoms with Gasteiger partial charge in [0.15, 0.2) is 0 Å². The Hall–Kier alpha value is -3.29. The second-order valence-electron chi connectivity index (χ2n) is 6.55. The molecule has 0 spiro atoms. The first kappa shape index (κ1) is 20.4. The van der Waals surface area contributed by atoms with Crippen LogP contribution in [0.4, 0.5) is 23.7 Å². The molecule has 3 rings (SSSR count). The minimum absolute atomic E-state index is 0.266. The molecular weight excluding hydrogens is 381 g/mol. The molecule has 3 aromatic rings. The largest absolute Gasteiger partial charge is 0.418 e. The first-order valence-corrected chi connectivity index (χ1v) is 9.16. The van der Waals surface area contributed by atoms with Crippen LogP contribution >= 0.6 is 0 Å². The van der Waals surface area contributed by atoms with E-state index in [1.165, 1.54) is 18.2 Å². The molecule has 0 bridgehead atoms. The maximum atomic E-state index is 13.0. The highest BCUT2D eigenvalue weighted by molar-refractivity contribution is 5.90. The number of nitrogens with zero attached hydrogens (tertiary/aromatic N) is 2. The number of anilines is 1. The van der Waals surface area contributed by atoms with E-state index >= 15 is 0 Å². The van der Waals surface area contributed by atoms with Crippen molar-refractivity contribution in [1.82, 2.24) is 15.1 Å². The van der Waals surface area contributed by atoms with Crippen LogP contribution in [0, 0.1) is 6.92 Å². The summed E-state index contributed by atoms with van der Waals surface area (Å²) >= 11 is 0. The maximum Gasteiger partial charge on any atom is 0.418 e. The van der Waals surface area contributed by atoms with Crippen molar-refractivity contribution in [3.8, 4) is 5.69 Å². The third kappa shape index (κ3) is 5.37. The van der Waals surface area contributed by atoms with E-state index < -0.39 is 17.8 Å².